The lowest BCUT2D eigenvalue weighted by Gasteiger charge is -2.28. The van der Waals surface area contributed by atoms with E-state index in [2.05, 4.69) is 0 Å². The molecule has 2 heterocycles. The van der Waals surface area contributed by atoms with Crippen molar-refractivity contribution in [3.05, 3.63) is 53.8 Å². The fourth-order valence-electron chi connectivity index (χ4n) is 3.99. The molecule has 2 aromatic rings. The molecule has 0 spiro atoms. The Morgan fingerprint density at radius 3 is 2.61 bits per heavy atom. The molecule has 0 aromatic heterocycles. The van der Waals surface area contributed by atoms with Crippen LogP contribution in [0.5, 0.6) is 11.5 Å². The predicted octanol–water partition coefficient (Wildman–Crippen LogP) is 1.63. The molecule has 1 saturated heterocycles. The molecule has 1 fully saturated rings. The Hall–Kier alpha value is -3.62. The van der Waals surface area contributed by atoms with Crippen molar-refractivity contribution in [3.63, 3.8) is 0 Å². The summed E-state index contributed by atoms with van der Waals surface area (Å²) in [5, 5.41) is 0. The van der Waals surface area contributed by atoms with Crippen LogP contribution >= 0.6 is 0 Å². The number of fused-ring (bicyclic) bond motifs is 1. The highest BCUT2D eigenvalue weighted by Crippen LogP contribution is 2.36. The summed E-state index contributed by atoms with van der Waals surface area (Å²) < 4.78 is 24.7. The lowest BCUT2D eigenvalue weighted by atomic mass is 10.0. The van der Waals surface area contributed by atoms with E-state index in [1.165, 1.54) is 41.1 Å². The van der Waals surface area contributed by atoms with Crippen LogP contribution in [0.4, 0.5) is 10.1 Å². The Morgan fingerprint density at radius 2 is 1.90 bits per heavy atom. The number of anilines is 1. The average molecular weight is 427 g/mol. The van der Waals surface area contributed by atoms with Gasteiger partial charge in [0.05, 0.1) is 5.92 Å². The molecular weight excluding hydrogens is 405 g/mol. The molecule has 2 N–H and O–H groups in total. The second kappa shape index (κ2) is 8.25. The summed E-state index contributed by atoms with van der Waals surface area (Å²) in [5.74, 6) is -1.47. The van der Waals surface area contributed by atoms with E-state index in [0.717, 1.165) is 0 Å². The maximum Gasteiger partial charge on any atom is 0.244 e. The molecule has 0 radical (unpaired) electrons. The zero-order chi connectivity index (χ0) is 22.1. The fourth-order valence-corrected chi connectivity index (χ4v) is 3.99. The molecule has 2 aromatic carbocycles. The van der Waals surface area contributed by atoms with Gasteiger partial charge in [-0.1, -0.05) is 12.1 Å². The van der Waals surface area contributed by atoms with Crippen molar-refractivity contribution in [3.8, 4) is 11.5 Å². The first-order chi connectivity index (χ1) is 14.8. The van der Waals surface area contributed by atoms with E-state index in [-0.39, 0.29) is 24.4 Å². The smallest absolute Gasteiger partial charge is 0.244 e. The summed E-state index contributed by atoms with van der Waals surface area (Å²) in [6.07, 6.45) is -0.00769. The first-order valence-corrected chi connectivity index (χ1v) is 9.86. The Bertz CT molecular complexity index is 1040. The van der Waals surface area contributed by atoms with Crippen molar-refractivity contribution >= 4 is 23.4 Å². The van der Waals surface area contributed by atoms with Crippen molar-refractivity contribution < 1.29 is 28.2 Å². The number of carbonyl (C=O) groups is 3. The SMILES string of the molecule is CN(C(=O)C1CC(=O)N(c2ccc3c(c2)OCCO3)C1)C(C(N)=O)c1cccc(F)c1. The first kappa shape index (κ1) is 20.6. The van der Waals surface area contributed by atoms with Gasteiger partial charge in [-0.25, -0.2) is 4.39 Å². The van der Waals surface area contributed by atoms with Gasteiger partial charge in [-0.05, 0) is 29.8 Å². The minimum absolute atomic E-state index is 0.00769. The molecule has 31 heavy (non-hydrogen) atoms. The van der Waals surface area contributed by atoms with Crippen LogP contribution in [-0.2, 0) is 14.4 Å². The highest BCUT2D eigenvalue weighted by atomic mass is 19.1. The van der Waals surface area contributed by atoms with Crippen LogP contribution in [0.3, 0.4) is 0 Å². The number of halogens is 1. The van der Waals surface area contributed by atoms with Crippen LogP contribution < -0.4 is 20.1 Å². The highest BCUT2D eigenvalue weighted by Gasteiger charge is 2.39. The molecule has 2 atom stereocenters. The monoisotopic (exact) mass is 427 g/mol. The Labute approximate surface area is 178 Å². The standard InChI is InChI=1S/C22H22FN3O5/c1-25(20(21(24)28)13-3-2-4-15(23)9-13)22(29)14-10-19(27)26(12-14)16-5-6-17-18(11-16)31-8-7-30-17/h2-6,9,11,14,20H,7-8,10,12H2,1H3,(H2,24,28). The van der Waals surface area contributed by atoms with Gasteiger partial charge in [0.15, 0.2) is 11.5 Å². The Morgan fingerprint density at radius 1 is 1.16 bits per heavy atom. The average Bonchev–Trinajstić information content (AvgIpc) is 3.14. The molecule has 2 aliphatic rings. The molecule has 2 unspecified atom stereocenters. The van der Waals surface area contributed by atoms with E-state index in [1.807, 2.05) is 0 Å². The summed E-state index contributed by atoms with van der Waals surface area (Å²) in [5.41, 5.74) is 6.38. The van der Waals surface area contributed by atoms with E-state index in [1.54, 1.807) is 18.2 Å². The normalized spacial score (nSPS) is 18.6. The lowest BCUT2D eigenvalue weighted by Crippen LogP contribution is -2.42. The van der Waals surface area contributed by atoms with E-state index < -0.39 is 29.6 Å². The van der Waals surface area contributed by atoms with Gasteiger partial charge in [-0.15, -0.1) is 0 Å². The van der Waals surface area contributed by atoms with Gasteiger partial charge in [-0.2, -0.15) is 0 Å². The topological polar surface area (TPSA) is 102 Å². The summed E-state index contributed by atoms with van der Waals surface area (Å²) in [7, 11) is 1.43. The maximum absolute atomic E-state index is 13.6. The molecule has 0 saturated carbocycles. The summed E-state index contributed by atoms with van der Waals surface area (Å²) >= 11 is 0. The van der Waals surface area contributed by atoms with E-state index in [0.29, 0.717) is 30.4 Å². The Balaban J connectivity index is 1.52. The number of carbonyl (C=O) groups excluding carboxylic acids is 3. The number of likely N-dealkylation sites (N-methyl/N-ethyl adjacent to an activating group) is 1. The Kier molecular flexibility index (Phi) is 5.50. The number of hydrogen-bond donors (Lipinski definition) is 1. The molecule has 9 heteroatoms. The zero-order valence-electron chi connectivity index (χ0n) is 16.9. The van der Waals surface area contributed by atoms with Crippen molar-refractivity contribution in [1.82, 2.24) is 4.90 Å². The van der Waals surface area contributed by atoms with E-state index in [4.69, 9.17) is 15.2 Å². The van der Waals surface area contributed by atoms with Crippen LogP contribution in [0.25, 0.3) is 0 Å². The summed E-state index contributed by atoms with van der Waals surface area (Å²) in [4.78, 5) is 40.5. The van der Waals surface area contributed by atoms with Crippen LogP contribution in [0.2, 0.25) is 0 Å². The van der Waals surface area contributed by atoms with Crippen molar-refractivity contribution in [1.29, 1.82) is 0 Å². The number of benzene rings is 2. The third-order valence-electron chi connectivity index (χ3n) is 5.48. The lowest BCUT2D eigenvalue weighted by molar-refractivity contribution is -0.141. The van der Waals surface area contributed by atoms with E-state index >= 15 is 0 Å². The van der Waals surface area contributed by atoms with Crippen LogP contribution in [0.1, 0.15) is 18.0 Å². The third-order valence-corrected chi connectivity index (χ3v) is 5.48. The predicted molar refractivity (Wildman–Crippen MR) is 109 cm³/mol. The van der Waals surface area contributed by atoms with Crippen LogP contribution in [0, 0.1) is 11.7 Å². The van der Waals surface area contributed by atoms with Crippen LogP contribution in [0.15, 0.2) is 42.5 Å². The van der Waals surface area contributed by atoms with Gasteiger partial charge < -0.3 is 25.0 Å². The summed E-state index contributed by atoms with van der Waals surface area (Å²) in [6.45, 7) is 1.03. The zero-order valence-corrected chi connectivity index (χ0v) is 16.9. The van der Waals surface area contributed by atoms with Gasteiger partial charge in [0.2, 0.25) is 17.7 Å². The van der Waals surface area contributed by atoms with Gasteiger partial charge in [0.25, 0.3) is 0 Å². The number of primary amides is 1. The second-order valence-electron chi connectivity index (χ2n) is 7.54. The van der Waals surface area contributed by atoms with Gasteiger partial charge >= 0.3 is 0 Å². The number of nitrogens with two attached hydrogens (primary N) is 1. The van der Waals surface area contributed by atoms with Gasteiger partial charge in [0, 0.05) is 31.8 Å². The number of nitrogens with zero attached hydrogens (tertiary/aromatic N) is 2. The summed E-state index contributed by atoms with van der Waals surface area (Å²) in [6, 6.07) is 9.42. The molecular formula is C22H22FN3O5. The quantitative estimate of drug-likeness (QED) is 0.782. The molecule has 3 amide bonds. The number of hydrogen-bond acceptors (Lipinski definition) is 5. The largest absolute Gasteiger partial charge is 0.486 e. The van der Waals surface area contributed by atoms with Crippen molar-refractivity contribution in [2.75, 3.05) is 31.7 Å². The number of ether oxygens (including phenoxy) is 2. The number of amides is 3. The van der Waals surface area contributed by atoms with Crippen molar-refractivity contribution in [2.24, 2.45) is 11.7 Å². The van der Waals surface area contributed by atoms with E-state index in [9.17, 15) is 18.8 Å². The molecule has 0 aliphatic carbocycles. The molecule has 8 nitrogen and oxygen atoms in total. The highest BCUT2D eigenvalue weighted by molar-refractivity contribution is 6.01. The fraction of sp³-hybridized carbons (Fsp3) is 0.318. The second-order valence-corrected chi connectivity index (χ2v) is 7.54. The third kappa shape index (κ3) is 4.03. The van der Waals surface area contributed by atoms with Crippen molar-refractivity contribution in [2.45, 2.75) is 12.5 Å². The molecule has 4 rings (SSSR count). The molecule has 2 aliphatic heterocycles. The first-order valence-electron chi connectivity index (χ1n) is 9.86. The number of rotatable bonds is 5. The molecule has 162 valence electrons. The molecule has 0 bridgehead atoms. The van der Waals surface area contributed by atoms with Gasteiger partial charge in [-0.3, -0.25) is 14.4 Å². The van der Waals surface area contributed by atoms with Crippen LogP contribution in [-0.4, -0.2) is 49.4 Å². The maximum atomic E-state index is 13.6. The minimum atomic E-state index is -1.14. The van der Waals surface area contributed by atoms with Gasteiger partial charge in [0.1, 0.15) is 25.1 Å². The minimum Gasteiger partial charge on any atom is -0.486 e.